The molecule has 0 aromatic carbocycles. The van der Waals surface area contributed by atoms with Crippen LogP contribution in [0.2, 0.25) is 0 Å². The molecule has 2 N–H and O–H groups in total. The van der Waals surface area contributed by atoms with E-state index in [0.29, 0.717) is 0 Å². The summed E-state index contributed by atoms with van der Waals surface area (Å²) in [5.41, 5.74) is 0. The highest BCUT2D eigenvalue weighted by Gasteiger charge is 2.11. The molecular weight excluding hydrogens is 232 g/mol. The van der Waals surface area contributed by atoms with Crippen LogP contribution in [0, 0.1) is 0 Å². The topological polar surface area (TPSA) is 24.1 Å². The smallest absolute Gasteiger partial charge is 0.00670 e. The van der Waals surface area contributed by atoms with Gasteiger partial charge in [-0.3, -0.25) is 0 Å². The Labute approximate surface area is 120 Å². The predicted molar refractivity (Wildman–Crippen MR) is 85.6 cm³/mol. The van der Waals surface area contributed by atoms with Crippen LogP contribution in [0.15, 0.2) is 12.2 Å². The number of hydrogen-bond acceptors (Lipinski definition) is 2. The Kier molecular flexibility index (Phi) is 11.2. The van der Waals surface area contributed by atoms with Crippen molar-refractivity contribution in [3.63, 3.8) is 0 Å². The van der Waals surface area contributed by atoms with Crippen LogP contribution in [-0.2, 0) is 0 Å². The monoisotopic (exact) mass is 266 g/mol. The van der Waals surface area contributed by atoms with Crippen molar-refractivity contribution in [3.05, 3.63) is 12.2 Å². The molecule has 0 amide bonds. The molecule has 0 saturated heterocycles. The Morgan fingerprint density at radius 3 is 2.42 bits per heavy atom. The summed E-state index contributed by atoms with van der Waals surface area (Å²) in [5, 5.41) is 7.24. The molecule has 112 valence electrons. The van der Waals surface area contributed by atoms with Crippen molar-refractivity contribution in [1.82, 2.24) is 10.6 Å². The lowest BCUT2D eigenvalue weighted by Crippen LogP contribution is -2.33. The second-order valence-electron chi connectivity index (χ2n) is 5.79. The van der Waals surface area contributed by atoms with Gasteiger partial charge in [0.25, 0.3) is 0 Å². The number of rotatable bonds is 11. The van der Waals surface area contributed by atoms with E-state index < -0.39 is 0 Å². The van der Waals surface area contributed by atoms with Gasteiger partial charge in [-0.1, -0.05) is 44.8 Å². The van der Waals surface area contributed by atoms with Gasteiger partial charge >= 0.3 is 0 Å². The number of unbranched alkanes of at least 4 members (excludes halogenated alkanes) is 2. The minimum absolute atomic E-state index is 0.817. The first-order chi connectivity index (χ1) is 9.43. The summed E-state index contributed by atoms with van der Waals surface area (Å²) in [7, 11) is 0. The molecule has 0 spiro atoms. The van der Waals surface area contributed by atoms with Crippen LogP contribution in [-0.4, -0.2) is 25.7 Å². The van der Waals surface area contributed by atoms with E-state index in [2.05, 4.69) is 29.7 Å². The average molecular weight is 266 g/mol. The Morgan fingerprint density at radius 1 is 0.895 bits per heavy atom. The molecule has 1 fully saturated rings. The highest BCUT2D eigenvalue weighted by Crippen LogP contribution is 2.16. The van der Waals surface area contributed by atoms with Crippen molar-refractivity contribution >= 4 is 0 Å². The third-order valence-corrected chi connectivity index (χ3v) is 3.91. The van der Waals surface area contributed by atoms with Gasteiger partial charge in [0.1, 0.15) is 0 Å². The van der Waals surface area contributed by atoms with Gasteiger partial charge in [-0.2, -0.15) is 0 Å². The first kappa shape index (κ1) is 16.7. The van der Waals surface area contributed by atoms with Crippen LogP contribution in [0.1, 0.15) is 71.1 Å². The van der Waals surface area contributed by atoms with E-state index in [1.165, 1.54) is 83.8 Å². The molecule has 1 saturated carbocycles. The zero-order chi connectivity index (χ0) is 13.6. The summed E-state index contributed by atoms with van der Waals surface area (Å²) >= 11 is 0. The molecule has 0 unspecified atom stereocenters. The van der Waals surface area contributed by atoms with Crippen molar-refractivity contribution in [2.45, 2.75) is 77.2 Å². The molecule has 0 aromatic heterocycles. The first-order valence-electron chi connectivity index (χ1n) is 8.52. The van der Waals surface area contributed by atoms with Gasteiger partial charge in [0, 0.05) is 6.04 Å². The van der Waals surface area contributed by atoms with Crippen molar-refractivity contribution in [2.75, 3.05) is 19.6 Å². The molecule has 0 bridgehead atoms. The summed E-state index contributed by atoms with van der Waals surface area (Å²) in [6.45, 7) is 5.75. The third kappa shape index (κ3) is 10.1. The maximum Gasteiger partial charge on any atom is 0.00670 e. The van der Waals surface area contributed by atoms with E-state index in [-0.39, 0.29) is 0 Å². The molecule has 1 aliphatic carbocycles. The fourth-order valence-electron chi connectivity index (χ4n) is 2.70. The van der Waals surface area contributed by atoms with Crippen molar-refractivity contribution < 1.29 is 0 Å². The lowest BCUT2D eigenvalue weighted by atomic mass is 9.95. The quantitative estimate of drug-likeness (QED) is 0.436. The van der Waals surface area contributed by atoms with Crippen LogP contribution >= 0.6 is 0 Å². The van der Waals surface area contributed by atoms with E-state index in [1.807, 2.05) is 0 Å². The second-order valence-corrected chi connectivity index (χ2v) is 5.79. The van der Waals surface area contributed by atoms with Gasteiger partial charge in [-0.05, 0) is 58.2 Å². The van der Waals surface area contributed by atoms with Crippen LogP contribution < -0.4 is 10.6 Å². The predicted octanol–water partition coefficient (Wildman–Crippen LogP) is 4.02. The van der Waals surface area contributed by atoms with E-state index in [4.69, 9.17) is 0 Å². The molecule has 0 aromatic rings. The Morgan fingerprint density at radius 2 is 1.63 bits per heavy atom. The Bertz CT molecular complexity index is 207. The molecule has 0 atom stereocenters. The second kappa shape index (κ2) is 12.7. The molecule has 19 heavy (non-hydrogen) atoms. The number of hydrogen-bond donors (Lipinski definition) is 2. The van der Waals surface area contributed by atoms with E-state index >= 15 is 0 Å². The van der Waals surface area contributed by atoms with Crippen LogP contribution in [0.5, 0.6) is 0 Å². The molecule has 0 radical (unpaired) electrons. The Hall–Kier alpha value is -0.340. The highest BCUT2D eigenvalue weighted by molar-refractivity contribution is 4.81. The zero-order valence-electron chi connectivity index (χ0n) is 12.9. The van der Waals surface area contributed by atoms with Crippen LogP contribution in [0.4, 0.5) is 0 Å². The van der Waals surface area contributed by atoms with Crippen molar-refractivity contribution in [2.24, 2.45) is 0 Å². The first-order valence-corrected chi connectivity index (χ1v) is 8.52. The molecule has 2 heteroatoms. The highest BCUT2D eigenvalue weighted by atomic mass is 14.9. The van der Waals surface area contributed by atoms with E-state index in [0.717, 1.165) is 6.04 Å². The Balaban J connectivity index is 1.76. The lowest BCUT2D eigenvalue weighted by Gasteiger charge is -2.22. The molecule has 1 rings (SSSR count). The van der Waals surface area contributed by atoms with Gasteiger partial charge in [0.2, 0.25) is 0 Å². The van der Waals surface area contributed by atoms with Gasteiger partial charge in [0.15, 0.2) is 0 Å². The SMILES string of the molecule is CCC/C=C/CCCNCCCNC1CCCCC1. The summed E-state index contributed by atoms with van der Waals surface area (Å²) < 4.78 is 0. The lowest BCUT2D eigenvalue weighted by molar-refractivity contribution is 0.371. The minimum atomic E-state index is 0.817. The van der Waals surface area contributed by atoms with Crippen molar-refractivity contribution in [1.29, 1.82) is 0 Å². The summed E-state index contributed by atoms with van der Waals surface area (Å²) in [4.78, 5) is 0. The van der Waals surface area contributed by atoms with Gasteiger partial charge in [0.05, 0.1) is 0 Å². The fraction of sp³-hybridized carbons (Fsp3) is 0.882. The van der Waals surface area contributed by atoms with Crippen LogP contribution in [0.3, 0.4) is 0 Å². The summed E-state index contributed by atoms with van der Waals surface area (Å²) in [6.07, 6.45) is 18.0. The molecule has 2 nitrogen and oxygen atoms in total. The van der Waals surface area contributed by atoms with Gasteiger partial charge in [-0.15, -0.1) is 0 Å². The molecule has 1 aliphatic rings. The van der Waals surface area contributed by atoms with E-state index in [1.54, 1.807) is 0 Å². The van der Waals surface area contributed by atoms with E-state index in [9.17, 15) is 0 Å². The summed E-state index contributed by atoms with van der Waals surface area (Å²) in [6, 6.07) is 0.817. The summed E-state index contributed by atoms with van der Waals surface area (Å²) in [5.74, 6) is 0. The van der Waals surface area contributed by atoms with Crippen LogP contribution in [0.25, 0.3) is 0 Å². The molecular formula is C17H34N2. The van der Waals surface area contributed by atoms with Gasteiger partial charge in [-0.25, -0.2) is 0 Å². The number of nitrogens with one attached hydrogen (secondary N) is 2. The molecule has 0 heterocycles. The van der Waals surface area contributed by atoms with Gasteiger partial charge < -0.3 is 10.6 Å². The number of allylic oxidation sites excluding steroid dienone is 2. The minimum Gasteiger partial charge on any atom is -0.317 e. The normalized spacial score (nSPS) is 17.3. The third-order valence-electron chi connectivity index (χ3n) is 3.91. The zero-order valence-corrected chi connectivity index (χ0v) is 12.9. The molecule has 0 aliphatic heterocycles. The average Bonchev–Trinajstić information content (AvgIpc) is 2.46. The maximum atomic E-state index is 3.70. The van der Waals surface area contributed by atoms with Crippen molar-refractivity contribution in [3.8, 4) is 0 Å². The standard InChI is InChI=1S/C17H34N2/c1-2-3-4-5-6-10-14-18-15-11-16-19-17-12-8-7-9-13-17/h4-5,17-19H,2-3,6-16H2,1H3/b5-4+. The maximum absolute atomic E-state index is 3.70. The fourth-order valence-corrected chi connectivity index (χ4v) is 2.70. The largest absolute Gasteiger partial charge is 0.317 e.